The maximum Gasteiger partial charge on any atom is 0.294 e. The summed E-state index contributed by atoms with van der Waals surface area (Å²) in [4.78, 5) is 48.2. The number of nitrogens with one attached hydrogen (secondary N) is 1. The molecule has 1 aliphatic rings. The number of anilines is 1. The standard InChI is InChI=1S/C20H17N3O5S/c1-2-13-6-8-15(9-7-13)21-18(24)12-22-19(25)17(29-20(22)26)11-14-4-3-5-16(10-14)23(27)28/h3-11H,2,12H2,1H3,(H,21,24)/b17-11+. The zero-order valence-corrected chi connectivity index (χ0v) is 16.3. The Balaban J connectivity index is 1.69. The summed E-state index contributed by atoms with van der Waals surface area (Å²) in [5, 5.41) is 13.0. The van der Waals surface area contributed by atoms with E-state index in [1.54, 1.807) is 18.2 Å². The van der Waals surface area contributed by atoms with Gasteiger partial charge in [-0.25, -0.2) is 0 Å². The molecule has 148 valence electrons. The average Bonchev–Trinajstić information content (AvgIpc) is 2.96. The molecule has 3 rings (SSSR count). The molecule has 0 spiro atoms. The van der Waals surface area contributed by atoms with Gasteiger partial charge in [0.15, 0.2) is 0 Å². The summed E-state index contributed by atoms with van der Waals surface area (Å²) >= 11 is 0.693. The van der Waals surface area contributed by atoms with Gasteiger partial charge in [0, 0.05) is 17.8 Å². The third-order valence-electron chi connectivity index (χ3n) is 4.20. The average molecular weight is 411 g/mol. The largest absolute Gasteiger partial charge is 0.325 e. The van der Waals surface area contributed by atoms with Crippen LogP contribution in [0.15, 0.2) is 53.4 Å². The number of nitro groups is 1. The summed E-state index contributed by atoms with van der Waals surface area (Å²) in [5.74, 6) is -1.10. The van der Waals surface area contributed by atoms with Gasteiger partial charge in [-0.1, -0.05) is 31.2 Å². The number of thioether (sulfide) groups is 1. The lowest BCUT2D eigenvalue weighted by atomic mass is 10.1. The molecule has 3 amide bonds. The zero-order valence-electron chi connectivity index (χ0n) is 15.5. The normalized spacial score (nSPS) is 15.1. The van der Waals surface area contributed by atoms with Crippen LogP contribution < -0.4 is 5.32 Å². The zero-order chi connectivity index (χ0) is 21.0. The Morgan fingerprint density at radius 1 is 1.21 bits per heavy atom. The fourth-order valence-electron chi connectivity index (χ4n) is 2.68. The quantitative estimate of drug-likeness (QED) is 0.439. The van der Waals surface area contributed by atoms with Gasteiger partial charge in [0.05, 0.1) is 9.83 Å². The van der Waals surface area contributed by atoms with Gasteiger partial charge in [0.2, 0.25) is 5.91 Å². The molecule has 1 heterocycles. The Bertz CT molecular complexity index is 1020. The number of benzene rings is 2. The Morgan fingerprint density at radius 2 is 1.93 bits per heavy atom. The van der Waals surface area contributed by atoms with Gasteiger partial charge in [-0.2, -0.15) is 0 Å². The molecule has 0 radical (unpaired) electrons. The van der Waals surface area contributed by atoms with E-state index in [0.717, 1.165) is 16.9 Å². The second-order valence-electron chi connectivity index (χ2n) is 6.22. The first kappa shape index (κ1) is 20.3. The van der Waals surface area contributed by atoms with Crippen LogP contribution in [0.2, 0.25) is 0 Å². The van der Waals surface area contributed by atoms with Crippen LogP contribution in [0.3, 0.4) is 0 Å². The summed E-state index contributed by atoms with van der Waals surface area (Å²) in [6.07, 6.45) is 2.28. The number of carbonyl (C=O) groups excluding carboxylic acids is 3. The van der Waals surface area contributed by atoms with Crippen molar-refractivity contribution in [3.05, 3.63) is 74.7 Å². The molecule has 8 nitrogen and oxygen atoms in total. The molecule has 2 aromatic carbocycles. The van der Waals surface area contributed by atoms with Gasteiger partial charge >= 0.3 is 0 Å². The summed E-state index contributed by atoms with van der Waals surface area (Å²) in [6, 6.07) is 13.0. The van der Waals surface area contributed by atoms with E-state index in [4.69, 9.17) is 0 Å². The van der Waals surface area contributed by atoms with Gasteiger partial charge in [-0.05, 0) is 47.5 Å². The Labute approximate surface area is 170 Å². The molecule has 1 saturated heterocycles. The van der Waals surface area contributed by atoms with E-state index in [2.05, 4.69) is 5.32 Å². The van der Waals surface area contributed by atoms with Crippen molar-refractivity contribution in [1.29, 1.82) is 0 Å². The van der Waals surface area contributed by atoms with Crippen molar-refractivity contribution in [3.63, 3.8) is 0 Å². The van der Waals surface area contributed by atoms with Crippen molar-refractivity contribution in [3.8, 4) is 0 Å². The molecule has 1 fully saturated rings. The lowest BCUT2D eigenvalue weighted by Crippen LogP contribution is -2.36. The van der Waals surface area contributed by atoms with Gasteiger partial charge < -0.3 is 5.32 Å². The molecular weight excluding hydrogens is 394 g/mol. The van der Waals surface area contributed by atoms with E-state index in [0.29, 0.717) is 23.0 Å². The van der Waals surface area contributed by atoms with Gasteiger partial charge in [0.1, 0.15) is 6.54 Å². The Morgan fingerprint density at radius 3 is 2.59 bits per heavy atom. The minimum atomic E-state index is -0.608. The molecule has 1 aliphatic heterocycles. The molecular formula is C20H17N3O5S. The Hall–Kier alpha value is -3.46. The van der Waals surface area contributed by atoms with E-state index in [9.17, 15) is 24.5 Å². The van der Waals surface area contributed by atoms with Crippen molar-refractivity contribution in [1.82, 2.24) is 4.90 Å². The van der Waals surface area contributed by atoms with Crippen molar-refractivity contribution < 1.29 is 19.3 Å². The SMILES string of the molecule is CCc1ccc(NC(=O)CN2C(=O)S/C(=C/c3cccc([N+](=O)[O-])c3)C2=O)cc1. The summed E-state index contributed by atoms with van der Waals surface area (Å²) in [7, 11) is 0. The Kier molecular flexibility index (Phi) is 6.08. The number of nitro benzene ring substituents is 1. The molecule has 0 atom stereocenters. The highest BCUT2D eigenvalue weighted by atomic mass is 32.2. The number of aryl methyl sites for hydroxylation is 1. The number of hydrogen-bond acceptors (Lipinski definition) is 6. The van der Waals surface area contributed by atoms with Crippen LogP contribution in [-0.2, 0) is 16.0 Å². The monoisotopic (exact) mass is 411 g/mol. The van der Waals surface area contributed by atoms with E-state index < -0.39 is 28.5 Å². The van der Waals surface area contributed by atoms with E-state index in [1.807, 2.05) is 19.1 Å². The maximum absolute atomic E-state index is 12.5. The number of amides is 3. The summed E-state index contributed by atoms with van der Waals surface area (Å²) in [6.45, 7) is 1.61. The number of rotatable bonds is 6. The first-order chi connectivity index (χ1) is 13.9. The van der Waals surface area contributed by atoms with E-state index in [-0.39, 0.29) is 10.6 Å². The van der Waals surface area contributed by atoms with E-state index >= 15 is 0 Å². The highest BCUT2D eigenvalue weighted by molar-refractivity contribution is 8.18. The number of hydrogen-bond donors (Lipinski definition) is 1. The second-order valence-corrected chi connectivity index (χ2v) is 7.21. The molecule has 0 saturated carbocycles. The minimum absolute atomic E-state index is 0.107. The predicted molar refractivity (Wildman–Crippen MR) is 110 cm³/mol. The highest BCUT2D eigenvalue weighted by Gasteiger charge is 2.36. The van der Waals surface area contributed by atoms with Crippen LogP contribution in [-0.4, -0.2) is 33.4 Å². The number of non-ortho nitro benzene ring substituents is 1. The van der Waals surface area contributed by atoms with Crippen LogP contribution in [0.5, 0.6) is 0 Å². The van der Waals surface area contributed by atoms with E-state index in [1.165, 1.54) is 24.3 Å². The second kappa shape index (κ2) is 8.70. The summed E-state index contributed by atoms with van der Waals surface area (Å²) < 4.78 is 0. The lowest BCUT2D eigenvalue weighted by Gasteiger charge is -2.12. The number of imide groups is 1. The molecule has 2 aromatic rings. The molecule has 29 heavy (non-hydrogen) atoms. The van der Waals surface area contributed by atoms with Gasteiger partial charge in [-0.15, -0.1) is 0 Å². The lowest BCUT2D eigenvalue weighted by molar-refractivity contribution is -0.384. The van der Waals surface area contributed by atoms with Crippen LogP contribution >= 0.6 is 11.8 Å². The highest BCUT2D eigenvalue weighted by Crippen LogP contribution is 2.32. The number of carbonyl (C=O) groups is 3. The van der Waals surface area contributed by atoms with Crippen molar-refractivity contribution in [2.75, 3.05) is 11.9 Å². The van der Waals surface area contributed by atoms with Crippen LogP contribution in [0.4, 0.5) is 16.2 Å². The van der Waals surface area contributed by atoms with Gasteiger partial charge in [0.25, 0.3) is 16.8 Å². The minimum Gasteiger partial charge on any atom is -0.325 e. The van der Waals surface area contributed by atoms with Crippen molar-refractivity contribution >= 4 is 46.3 Å². The first-order valence-electron chi connectivity index (χ1n) is 8.76. The third kappa shape index (κ3) is 4.88. The fourth-order valence-corrected chi connectivity index (χ4v) is 3.52. The molecule has 9 heteroatoms. The van der Waals surface area contributed by atoms with Crippen molar-refractivity contribution in [2.24, 2.45) is 0 Å². The van der Waals surface area contributed by atoms with Crippen LogP contribution in [0.1, 0.15) is 18.1 Å². The maximum atomic E-state index is 12.5. The fraction of sp³-hybridized carbons (Fsp3) is 0.150. The molecule has 0 bridgehead atoms. The van der Waals surface area contributed by atoms with Gasteiger partial charge in [-0.3, -0.25) is 29.4 Å². The van der Waals surface area contributed by atoms with Crippen molar-refractivity contribution in [2.45, 2.75) is 13.3 Å². The molecule has 1 N–H and O–H groups in total. The summed E-state index contributed by atoms with van der Waals surface area (Å²) in [5.41, 5.74) is 2.00. The van der Waals surface area contributed by atoms with Crippen LogP contribution in [0, 0.1) is 10.1 Å². The predicted octanol–water partition coefficient (Wildman–Crippen LogP) is 3.83. The third-order valence-corrected chi connectivity index (χ3v) is 5.11. The van der Waals surface area contributed by atoms with Crippen LogP contribution in [0.25, 0.3) is 6.08 Å². The molecule has 0 aromatic heterocycles. The topological polar surface area (TPSA) is 110 Å². The number of nitrogens with zero attached hydrogens (tertiary/aromatic N) is 2. The molecule has 0 unspecified atom stereocenters. The smallest absolute Gasteiger partial charge is 0.294 e. The molecule has 0 aliphatic carbocycles. The first-order valence-corrected chi connectivity index (χ1v) is 9.57.